The average Bonchev–Trinajstić information content (AvgIpc) is 2.31. The first-order valence-corrected chi connectivity index (χ1v) is 7.10. The molecule has 4 saturated carbocycles. The molecule has 0 heterocycles. The van der Waals surface area contributed by atoms with E-state index in [9.17, 15) is 15.0 Å². The summed E-state index contributed by atoms with van der Waals surface area (Å²) >= 11 is 0. The van der Waals surface area contributed by atoms with Gasteiger partial charge in [0.05, 0.1) is 12.2 Å². The lowest BCUT2D eigenvalue weighted by molar-refractivity contribution is -0.210. The summed E-state index contributed by atoms with van der Waals surface area (Å²) in [5, 5.41) is 20.6. The number of aliphatic hydroxyl groups is 2. The van der Waals surface area contributed by atoms with Gasteiger partial charge in [0.2, 0.25) is 0 Å². The fourth-order valence-electron chi connectivity index (χ4n) is 5.67. The fourth-order valence-corrected chi connectivity index (χ4v) is 5.67. The van der Waals surface area contributed by atoms with Gasteiger partial charge in [0.25, 0.3) is 0 Å². The smallest absolute Gasteiger partial charge is 0.137 e. The van der Waals surface area contributed by atoms with E-state index in [1.165, 1.54) is 0 Å². The van der Waals surface area contributed by atoms with Crippen LogP contribution in [0.5, 0.6) is 0 Å². The van der Waals surface area contributed by atoms with Crippen molar-refractivity contribution in [3.8, 4) is 0 Å². The minimum Gasteiger partial charge on any atom is -0.390 e. The lowest BCUT2D eigenvalue weighted by atomic mass is 9.35. The van der Waals surface area contributed by atoms with E-state index in [4.69, 9.17) is 0 Å². The molecule has 2 N–H and O–H groups in total. The van der Waals surface area contributed by atoms with Crippen LogP contribution in [0.2, 0.25) is 0 Å². The Morgan fingerprint density at radius 2 is 1.78 bits per heavy atom. The first-order chi connectivity index (χ1) is 8.21. The first kappa shape index (κ1) is 12.6. The van der Waals surface area contributed by atoms with Crippen LogP contribution in [-0.2, 0) is 4.79 Å². The third-order valence-corrected chi connectivity index (χ3v) is 6.34. The molecule has 4 aliphatic rings. The summed E-state index contributed by atoms with van der Waals surface area (Å²) in [5.41, 5.74) is -0.456. The van der Waals surface area contributed by atoms with Crippen molar-refractivity contribution in [3.05, 3.63) is 0 Å². The van der Waals surface area contributed by atoms with E-state index in [0.29, 0.717) is 30.5 Å². The molecule has 7 atom stereocenters. The van der Waals surface area contributed by atoms with E-state index in [-0.39, 0.29) is 22.7 Å². The molecule has 0 aromatic heterocycles. The molecule has 4 fully saturated rings. The van der Waals surface area contributed by atoms with Crippen LogP contribution in [0.4, 0.5) is 0 Å². The van der Waals surface area contributed by atoms with Crippen LogP contribution in [0.3, 0.4) is 0 Å². The number of carbonyl (C=O) groups excluding carboxylic acids is 1. The van der Waals surface area contributed by atoms with Crippen LogP contribution < -0.4 is 0 Å². The van der Waals surface area contributed by atoms with Crippen molar-refractivity contribution < 1.29 is 15.0 Å². The van der Waals surface area contributed by atoms with Gasteiger partial charge in [-0.2, -0.15) is 0 Å². The standard InChI is InChI=1S/C15H24O3/c1-7-5-8(16)11-12-10(7)15(11,4)6-9(17)13(18)14(12,2)3/h7,9-13,17-18H,5-6H2,1-4H3/t7-,9+,10+,11-,12+,13-,15-/m1/s1. The average molecular weight is 252 g/mol. The number of fused-ring (bicyclic) bond motifs is 2. The number of aliphatic hydroxyl groups excluding tert-OH is 2. The van der Waals surface area contributed by atoms with E-state index in [1.54, 1.807) is 0 Å². The molecule has 0 unspecified atom stereocenters. The highest BCUT2D eigenvalue weighted by Crippen LogP contribution is 2.72. The van der Waals surface area contributed by atoms with Crippen molar-refractivity contribution in [2.75, 3.05) is 0 Å². The van der Waals surface area contributed by atoms with Gasteiger partial charge in [-0.15, -0.1) is 0 Å². The predicted octanol–water partition coefficient (Wildman–Crippen LogP) is 1.62. The second-order valence-corrected chi connectivity index (χ2v) is 7.72. The maximum Gasteiger partial charge on any atom is 0.137 e. The Balaban J connectivity index is 2.11. The Morgan fingerprint density at radius 3 is 2.33 bits per heavy atom. The monoisotopic (exact) mass is 252 g/mol. The lowest BCUT2D eigenvalue weighted by Gasteiger charge is -2.67. The predicted molar refractivity (Wildman–Crippen MR) is 67.8 cm³/mol. The van der Waals surface area contributed by atoms with Gasteiger partial charge in [0, 0.05) is 12.3 Å². The van der Waals surface area contributed by atoms with Crippen LogP contribution in [-0.4, -0.2) is 28.2 Å². The van der Waals surface area contributed by atoms with Gasteiger partial charge in [-0.3, -0.25) is 4.79 Å². The third kappa shape index (κ3) is 1.20. The van der Waals surface area contributed by atoms with E-state index in [1.807, 2.05) is 13.8 Å². The molecule has 4 bridgehead atoms. The van der Waals surface area contributed by atoms with Crippen molar-refractivity contribution in [1.29, 1.82) is 0 Å². The summed E-state index contributed by atoms with van der Waals surface area (Å²) in [4.78, 5) is 12.4. The largest absolute Gasteiger partial charge is 0.390 e. The maximum atomic E-state index is 12.4. The Hall–Kier alpha value is -0.410. The zero-order valence-corrected chi connectivity index (χ0v) is 11.7. The van der Waals surface area contributed by atoms with Crippen LogP contribution in [0.15, 0.2) is 0 Å². The SMILES string of the molecule is C[C@@H]1CC(=O)[C@@H]2[C@@H]3[C@H]1[C@@]2(C)C[C@H](O)[C@@H](O)C3(C)C. The van der Waals surface area contributed by atoms with Crippen LogP contribution >= 0.6 is 0 Å². The Bertz CT molecular complexity index is 403. The van der Waals surface area contributed by atoms with Crippen molar-refractivity contribution in [3.63, 3.8) is 0 Å². The van der Waals surface area contributed by atoms with Crippen molar-refractivity contribution in [2.45, 2.75) is 52.7 Å². The molecule has 0 amide bonds. The van der Waals surface area contributed by atoms with Crippen LogP contribution in [0.1, 0.15) is 40.5 Å². The van der Waals surface area contributed by atoms with E-state index >= 15 is 0 Å². The first-order valence-electron chi connectivity index (χ1n) is 7.10. The molecule has 3 nitrogen and oxygen atoms in total. The zero-order valence-electron chi connectivity index (χ0n) is 11.7. The highest BCUT2D eigenvalue weighted by Gasteiger charge is 2.72. The highest BCUT2D eigenvalue weighted by molar-refractivity contribution is 5.85. The Labute approximate surface area is 109 Å². The topological polar surface area (TPSA) is 57.5 Å². The molecule has 4 aliphatic carbocycles. The molecule has 3 heteroatoms. The van der Waals surface area contributed by atoms with Gasteiger partial charge >= 0.3 is 0 Å². The summed E-state index contributed by atoms with van der Waals surface area (Å²) in [6, 6.07) is 0. The van der Waals surface area contributed by atoms with Gasteiger partial charge in [0.1, 0.15) is 5.78 Å². The molecule has 0 radical (unpaired) electrons. The Kier molecular flexibility index (Phi) is 2.36. The molecule has 18 heavy (non-hydrogen) atoms. The van der Waals surface area contributed by atoms with Crippen molar-refractivity contribution >= 4 is 5.78 Å². The number of hydrogen-bond donors (Lipinski definition) is 2. The molecule has 0 aliphatic heterocycles. The summed E-state index contributed by atoms with van der Waals surface area (Å²) in [6.07, 6.45) is -0.154. The highest BCUT2D eigenvalue weighted by atomic mass is 16.3. The molecular formula is C15H24O3. The molecule has 0 aromatic carbocycles. The molecule has 102 valence electrons. The molecule has 0 spiro atoms. The second-order valence-electron chi connectivity index (χ2n) is 7.72. The van der Waals surface area contributed by atoms with E-state index in [2.05, 4.69) is 13.8 Å². The third-order valence-electron chi connectivity index (χ3n) is 6.34. The molecule has 0 aromatic rings. The lowest BCUT2D eigenvalue weighted by Crippen LogP contribution is -2.67. The zero-order chi connectivity index (χ0) is 13.5. The van der Waals surface area contributed by atoms with Gasteiger partial charge < -0.3 is 10.2 Å². The van der Waals surface area contributed by atoms with E-state index < -0.39 is 12.2 Å². The van der Waals surface area contributed by atoms with Crippen molar-refractivity contribution in [1.82, 2.24) is 0 Å². The van der Waals surface area contributed by atoms with Gasteiger partial charge in [-0.25, -0.2) is 0 Å². The summed E-state index contributed by atoms with van der Waals surface area (Å²) in [6.45, 7) is 8.33. The quantitative estimate of drug-likeness (QED) is 0.688. The minimum absolute atomic E-state index is 0.0560. The van der Waals surface area contributed by atoms with Crippen LogP contribution in [0.25, 0.3) is 0 Å². The second kappa shape index (κ2) is 3.37. The van der Waals surface area contributed by atoms with Gasteiger partial charge in [0.15, 0.2) is 0 Å². The van der Waals surface area contributed by atoms with Crippen molar-refractivity contribution in [2.24, 2.45) is 34.5 Å². The number of rotatable bonds is 0. The summed E-state index contributed by atoms with van der Waals surface area (Å²) < 4.78 is 0. The van der Waals surface area contributed by atoms with Crippen LogP contribution in [0, 0.1) is 34.5 Å². The van der Waals surface area contributed by atoms with E-state index in [0.717, 1.165) is 0 Å². The minimum atomic E-state index is -0.713. The van der Waals surface area contributed by atoms with Gasteiger partial charge in [-0.05, 0) is 35.0 Å². The number of ketones is 1. The Morgan fingerprint density at radius 1 is 1.17 bits per heavy atom. The number of Topliss-reactive ketones (excluding diaryl/α,β-unsaturated/α-hetero) is 1. The van der Waals surface area contributed by atoms with Gasteiger partial charge in [-0.1, -0.05) is 27.7 Å². The molecular weight excluding hydrogens is 228 g/mol. The molecule has 0 saturated heterocycles. The maximum absolute atomic E-state index is 12.4. The number of carbonyl (C=O) groups is 1. The summed E-state index contributed by atoms with van der Waals surface area (Å²) in [5.74, 6) is 1.51. The molecule has 4 rings (SSSR count). The number of hydrogen-bond acceptors (Lipinski definition) is 3. The summed E-state index contributed by atoms with van der Waals surface area (Å²) in [7, 11) is 0. The normalized spacial score (nSPS) is 57.8. The fraction of sp³-hybridized carbons (Fsp3) is 0.933.